The summed E-state index contributed by atoms with van der Waals surface area (Å²) >= 11 is 3.30. The molecule has 19 heavy (non-hydrogen) atoms. The molecule has 0 unspecified atom stereocenters. The van der Waals surface area contributed by atoms with Crippen LogP contribution in [0.3, 0.4) is 0 Å². The Morgan fingerprint density at radius 1 is 1.05 bits per heavy atom. The topological polar surface area (TPSA) is 25.8 Å². The van der Waals surface area contributed by atoms with Gasteiger partial charge in [-0.05, 0) is 46.5 Å². The van der Waals surface area contributed by atoms with E-state index in [4.69, 9.17) is 0 Å². The average Bonchev–Trinajstić information content (AvgIpc) is 2.27. The van der Waals surface area contributed by atoms with E-state index in [0.717, 1.165) is 0 Å². The second-order valence-electron chi connectivity index (χ2n) is 4.78. The summed E-state index contributed by atoms with van der Waals surface area (Å²) in [4.78, 5) is 8.23. The Hall–Kier alpha value is -1.17. The van der Waals surface area contributed by atoms with Crippen molar-refractivity contribution < 1.29 is 13.2 Å². The van der Waals surface area contributed by atoms with Crippen molar-refractivity contribution in [1.82, 2.24) is 9.97 Å². The lowest BCUT2D eigenvalue weighted by Gasteiger charge is -2.43. The lowest BCUT2D eigenvalue weighted by Crippen LogP contribution is -2.48. The summed E-state index contributed by atoms with van der Waals surface area (Å²) in [6.45, 7) is 0. The Bertz CT molecular complexity index is 635. The molecule has 0 aromatic carbocycles. The van der Waals surface area contributed by atoms with Gasteiger partial charge in [-0.3, -0.25) is 9.97 Å². The van der Waals surface area contributed by atoms with Gasteiger partial charge in [0, 0.05) is 16.9 Å². The van der Waals surface area contributed by atoms with Crippen LogP contribution in [0.1, 0.15) is 24.8 Å². The number of rotatable bonds is 1. The van der Waals surface area contributed by atoms with Gasteiger partial charge in [-0.25, -0.2) is 0 Å². The number of aromatic nitrogens is 2. The van der Waals surface area contributed by atoms with Crippen LogP contribution in [0, 0.1) is 0 Å². The van der Waals surface area contributed by atoms with Crippen LogP contribution in [0.5, 0.6) is 0 Å². The summed E-state index contributed by atoms with van der Waals surface area (Å²) in [6, 6.07) is 3.13. The lowest BCUT2D eigenvalue weighted by molar-refractivity contribution is -0.212. The maximum atomic E-state index is 13.4. The minimum atomic E-state index is -4.25. The van der Waals surface area contributed by atoms with Crippen molar-refractivity contribution >= 4 is 27.0 Å². The molecule has 3 rings (SSSR count). The smallest absolute Gasteiger partial charge is 0.254 e. The molecule has 1 saturated carbocycles. The molecule has 0 amide bonds. The molecule has 2 heterocycles. The largest absolute Gasteiger partial charge is 0.398 e. The van der Waals surface area contributed by atoms with E-state index in [2.05, 4.69) is 25.9 Å². The summed E-state index contributed by atoms with van der Waals surface area (Å²) in [5, 5.41) is 0. The zero-order chi connectivity index (χ0) is 13.7. The minimum Gasteiger partial charge on any atom is -0.254 e. The number of pyridine rings is 2. The molecule has 2 nitrogen and oxygen atoms in total. The van der Waals surface area contributed by atoms with Gasteiger partial charge in [-0.15, -0.1) is 0 Å². The van der Waals surface area contributed by atoms with Gasteiger partial charge in [-0.2, -0.15) is 13.2 Å². The van der Waals surface area contributed by atoms with E-state index in [1.54, 1.807) is 6.07 Å². The summed E-state index contributed by atoms with van der Waals surface area (Å²) in [7, 11) is 0. The Morgan fingerprint density at radius 2 is 1.68 bits per heavy atom. The van der Waals surface area contributed by atoms with Crippen LogP contribution in [0.4, 0.5) is 13.2 Å². The lowest BCUT2D eigenvalue weighted by atomic mass is 9.63. The molecule has 0 spiro atoms. The average molecular weight is 331 g/mol. The first kappa shape index (κ1) is 12.8. The Morgan fingerprint density at radius 3 is 2.26 bits per heavy atom. The first-order valence-electron chi connectivity index (χ1n) is 5.92. The molecule has 0 atom stereocenters. The number of fused-ring (bicyclic) bond motifs is 1. The van der Waals surface area contributed by atoms with E-state index < -0.39 is 11.6 Å². The number of alkyl halides is 3. The predicted molar refractivity (Wildman–Crippen MR) is 68.8 cm³/mol. The fourth-order valence-electron chi connectivity index (χ4n) is 2.64. The van der Waals surface area contributed by atoms with E-state index in [0.29, 0.717) is 21.9 Å². The predicted octanol–water partition coefficient (Wildman–Crippen LogP) is 4.38. The minimum absolute atomic E-state index is 0.129. The van der Waals surface area contributed by atoms with Crippen molar-refractivity contribution in [3.63, 3.8) is 0 Å². The summed E-state index contributed by atoms with van der Waals surface area (Å²) in [5.74, 6) is 0. The van der Waals surface area contributed by atoms with Crippen molar-refractivity contribution in [2.45, 2.75) is 30.9 Å². The van der Waals surface area contributed by atoms with Crippen LogP contribution in [-0.4, -0.2) is 16.1 Å². The second kappa shape index (κ2) is 4.16. The molecule has 2 aromatic heterocycles. The van der Waals surface area contributed by atoms with Gasteiger partial charge < -0.3 is 0 Å². The van der Waals surface area contributed by atoms with E-state index in [1.807, 2.05) is 0 Å². The summed E-state index contributed by atoms with van der Waals surface area (Å²) < 4.78 is 40.9. The molecule has 2 aromatic rings. The normalized spacial score (nSPS) is 18.3. The van der Waals surface area contributed by atoms with Crippen LogP contribution in [0.2, 0.25) is 0 Å². The van der Waals surface area contributed by atoms with Crippen LogP contribution in [0.25, 0.3) is 11.0 Å². The van der Waals surface area contributed by atoms with Crippen molar-refractivity contribution in [2.75, 3.05) is 0 Å². The van der Waals surface area contributed by atoms with Crippen LogP contribution >= 0.6 is 15.9 Å². The maximum Gasteiger partial charge on any atom is 0.398 e. The molecule has 1 fully saturated rings. The zero-order valence-electron chi connectivity index (χ0n) is 9.84. The highest BCUT2D eigenvalue weighted by atomic mass is 79.9. The van der Waals surface area contributed by atoms with Crippen LogP contribution in [0.15, 0.2) is 29.0 Å². The number of hydrogen-bond acceptors (Lipinski definition) is 2. The van der Waals surface area contributed by atoms with Gasteiger partial charge in [0.05, 0.1) is 10.9 Å². The number of hydrogen-bond donors (Lipinski definition) is 0. The van der Waals surface area contributed by atoms with Gasteiger partial charge in [-0.1, -0.05) is 6.42 Å². The van der Waals surface area contributed by atoms with Gasteiger partial charge in [0.2, 0.25) is 0 Å². The number of halogens is 4. The third-order valence-corrected chi connectivity index (χ3v) is 4.48. The van der Waals surface area contributed by atoms with Crippen LogP contribution < -0.4 is 0 Å². The molecular weight excluding hydrogens is 321 g/mol. The zero-order valence-corrected chi connectivity index (χ0v) is 11.4. The molecule has 1 aliphatic carbocycles. The SMILES string of the molecule is FC(F)(F)C1(c2ccnc3c(Br)ccnc23)CCC1. The molecular formula is C13H10BrF3N2. The van der Waals surface area contributed by atoms with Gasteiger partial charge in [0.15, 0.2) is 0 Å². The van der Waals surface area contributed by atoms with Crippen molar-refractivity contribution in [3.8, 4) is 0 Å². The van der Waals surface area contributed by atoms with Crippen molar-refractivity contribution in [2.24, 2.45) is 0 Å². The van der Waals surface area contributed by atoms with Gasteiger partial charge in [0.25, 0.3) is 0 Å². The Kier molecular flexibility index (Phi) is 2.81. The molecule has 0 aliphatic heterocycles. The number of nitrogens with zero attached hydrogens (tertiary/aromatic N) is 2. The fraction of sp³-hybridized carbons (Fsp3) is 0.385. The maximum absolute atomic E-state index is 13.4. The fourth-order valence-corrected chi connectivity index (χ4v) is 3.05. The van der Waals surface area contributed by atoms with Crippen LogP contribution in [-0.2, 0) is 5.41 Å². The quantitative estimate of drug-likeness (QED) is 0.775. The van der Waals surface area contributed by atoms with E-state index >= 15 is 0 Å². The van der Waals surface area contributed by atoms with Crippen molar-refractivity contribution in [3.05, 3.63) is 34.6 Å². The van der Waals surface area contributed by atoms with Gasteiger partial charge >= 0.3 is 6.18 Å². The van der Waals surface area contributed by atoms with Crippen molar-refractivity contribution in [1.29, 1.82) is 0 Å². The molecule has 1 aliphatic rings. The molecule has 0 N–H and O–H groups in total. The first-order chi connectivity index (χ1) is 8.96. The summed E-state index contributed by atoms with van der Waals surface area (Å²) in [6.07, 6.45) is -0.468. The van der Waals surface area contributed by atoms with Gasteiger partial charge in [0.1, 0.15) is 5.52 Å². The third kappa shape index (κ3) is 1.76. The monoisotopic (exact) mass is 330 g/mol. The first-order valence-corrected chi connectivity index (χ1v) is 6.71. The van der Waals surface area contributed by atoms with E-state index in [1.165, 1.54) is 18.5 Å². The molecule has 0 saturated heterocycles. The molecule has 0 bridgehead atoms. The highest BCUT2D eigenvalue weighted by Gasteiger charge is 2.60. The third-order valence-electron chi connectivity index (χ3n) is 3.84. The Balaban J connectivity index is 2.29. The van der Waals surface area contributed by atoms with E-state index in [9.17, 15) is 13.2 Å². The standard InChI is InChI=1S/C13H10BrF3N2/c14-9-3-7-18-10-8(2-6-19-11(9)10)12(4-1-5-12)13(15,16)17/h2-3,6-7H,1,4-5H2. The highest BCUT2D eigenvalue weighted by molar-refractivity contribution is 9.10. The molecule has 6 heteroatoms. The second-order valence-corrected chi connectivity index (χ2v) is 5.64. The highest BCUT2D eigenvalue weighted by Crippen LogP contribution is 2.55. The molecule has 100 valence electrons. The van der Waals surface area contributed by atoms with E-state index in [-0.39, 0.29) is 18.4 Å². The molecule has 0 radical (unpaired) electrons. The Labute approximate surface area is 116 Å². The summed E-state index contributed by atoms with van der Waals surface area (Å²) in [5.41, 5.74) is -0.677.